The van der Waals surface area contributed by atoms with Crippen molar-refractivity contribution in [1.82, 2.24) is 9.55 Å². The smallest absolute Gasteiger partial charge is 0.143 e. The molecule has 0 atom stereocenters. The van der Waals surface area contributed by atoms with Crippen LogP contribution in [-0.2, 0) is 0 Å². The summed E-state index contributed by atoms with van der Waals surface area (Å²) in [6.45, 7) is 4.39. The molecule has 0 amide bonds. The number of imidazole rings is 1. The van der Waals surface area contributed by atoms with Crippen molar-refractivity contribution in [2.24, 2.45) is 0 Å². The Labute approximate surface area is 119 Å². The molecule has 0 aliphatic carbocycles. The number of anilines is 1. The van der Waals surface area contributed by atoms with Gasteiger partial charge in [0.15, 0.2) is 0 Å². The molecular formula is C17H19N3. The van der Waals surface area contributed by atoms with E-state index in [1.165, 1.54) is 5.52 Å². The van der Waals surface area contributed by atoms with E-state index in [0.717, 1.165) is 22.6 Å². The molecule has 0 bridgehead atoms. The predicted molar refractivity (Wildman–Crippen MR) is 85.1 cm³/mol. The van der Waals surface area contributed by atoms with E-state index in [1.54, 1.807) is 0 Å². The molecule has 1 heterocycles. The highest BCUT2D eigenvalue weighted by molar-refractivity contribution is 5.84. The second-order valence-corrected chi connectivity index (χ2v) is 5.18. The average Bonchev–Trinajstić information content (AvgIpc) is 2.86. The van der Waals surface area contributed by atoms with Crippen molar-refractivity contribution in [3.63, 3.8) is 0 Å². The van der Waals surface area contributed by atoms with Crippen molar-refractivity contribution in [2.45, 2.75) is 19.9 Å². The third kappa shape index (κ3) is 1.95. The monoisotopic (exact) mass is 265 g/mol. The Hall–Kier alpha value is -2.29. The summed E-state index contributed by atoms with van der Waals surface area (Å²) in [5.74, 6) is 1.02. The third-order valence-electron chi connectivity index (χ3n) is 3.55. The standard InChI is InChI=1S/C17H19N3/c1-12(2)20-16-11-7-6-10-15(16)19-17(20)13-8-4-5-9-14(13)18-3/h4-12,18H,1-3H3. The minimum atomic E-state index is 0.363. The summed E-state index contributed by atoms with van der Waals surface area (Å²) in [4.78, 5) is 4.84. The topological polar surface area (TPSA) is 29.9 Å². The highest BCUT2D eigenvalue weighted by Crippen LogP contribution is 2.32. The number of hydrogen-bond acceptors (Lipinski definition) is 2. The molecule has 3 aromatic rings. The highest BCUT2D eigenvalue weighted by Gasteiger charge is 2.16. The number of nitrogens with zero attached hydrogens (tertiary/aromatic N) is 2. The summed E-state index contributed by atoms with van der Waals surface area (Å²) in [7, 11) is 1.95. The van der Waals surface area contributed by atoms with E-state index >= 15 is 0 Å². The molecule has 1 N–H and O–H groups in total. The van der Waals surface area contributed by atoms with Gasteiger partial charge in [-0.1, -0.05) is 24.3 Å². The Morgan fingerprint density at radius 3 is 2.45 bits per heavy atom. The highest BCUT2D eigenvalue weighted by atomic mass is 15.1. The molecule has 3 rings (SSSR count). The molecule has 102 valence electrons. The second-order valence-electron chi connectivity index (χ2n) is 5.18. The third-order valence-corrected chi connectivity index (χ3v) is 3.55. The van der Waals surface area contributed by atoms with Gasteiger partial charge in [-0.15, -0.1) is 0 Å². The summed E-state index contributed by atoms with van der Waals surface area (Å²) in [6, 6.07) is 17.0. The van der Waals surface area contributed by atoms with Gasteiger partial charge in [0.25, 0.3) is 0 Å². The zero-order valence-electron chi connectivity index (χ0n) is 12.1. The molecule has 3 heteroatoms. The van der Waals surface area contributed by atoms with Crippen molar-refractivity contribution >= 4 is 16.7 Å². The maximum absolute atomic E-state index is 4.84. The van der Waals surface area contributed by atoms with Crippen LogP contribution in [0.5, 0.6) is 0 Å². The Bertz CT molecular complexity index is 741. The molecule has 0 unspecified atom stereocenters. The molecule has 0 aliphatic heterocycles. The Kier molecular flexibility index (Phi) is 3.18. The van der Waals surface area contributed by atoms with E-state index in [9.17, 15) is 0 Å². The number of aromatic nitrogens is 2. The molecule has 0 spiro atoms. The van der Waals surface area contributed by atoms with Gasteiger partial charge in [0.05, 0.1) is 11.0 Å². The first kappa shape index (κ1) is 12.7. The van der Waals surface area contributed by atoms with Crippen molar-refractivity contribution in [3.05, 3.63) is 48.5 Å². The molecule has 0 saturated carbocycles. The summed E-state index contributed by atoms with van der Waals surface area (Å²) in [6.07, 6.45) is 0. The van der Waals surface area contributed by atoms with E-state index < -0.39 is 0 Å². The van der Waals surface area contributed by atoms with Crippen LogP contribution < -0.4 is 5.32 Å². The van der Waals surface area contributed by atoms with E-state index in [-0.39, 0.29) is 0 Å². The predicted octanol–water partition coefficient (Wildman–Crippen LogP) is 4.33. The van der Waals surface area contributed by atoms with Crippen LogP contribution in [0.2, 0.25) is 0 Å². The lowest BCUT2D eigenvalue weighted by atomic mass is 10.1. The van der Waals surface area contributed by atoms with Crippen molar-refractivity contribution < 1.29 is 0 Å². The maximum Gasteiger partial charge on any atom is 0.143 e. The van der Waals surface area contributed by atoms with E-state index in [0.29, 0.717) is 6.04 Å². The summed E-state index contributed by atoms with van der Waals surface area (Å²) in [5, 5.41) is 3.25. The van der Waals surface area contributed by atoms with E-state index in [1.807, 2.05) is 19.2 Å². The molecule has 3 nitrogen and oxygen atoms in total. The van der Waals surface area contributed by atoms with Crippen LogP contribution in [0.3, 0.4) is 0 Å². The lowest BCUT2D eigenvalue weighted by molar-refractivity contribution is 0.624. The Balaban J connectivity index is 2.33. The Morgan fingerprint density at radius 1 is 1.00 bits per heavy atom. The SMILES string of the molecule is CNc1ccccc1-c1nc2ccccc2n1C(C)C. The average molecular weight is 265 g/mol. The molecule has 2 aromatic carbocycles. The van der Waals surface area contributed by atoms with Crippen molar-refractivity contribution in [2.75, 3.05) is 12.4 Å². The first-order valence-electron chi connectivity index (χ1n) is 6.96. The molecule has 0 fully saturated rings. The number of rotatable bonds is 3. The van der Waals surface area contributed by atoms with Gasteiger partial charge in [0, 0.05) is 24.3 Å². The zero-order valence-corrected chi connectivity index (χ0v) is 12.1. The van der Waals surface area contributed by atoms with Gasteiger partial charge in [0.2, 0.25) is 0 Å². The number of hydrogen-bond donors (Lipinski definition) is 1. The number of fused-ring (bicyclic) bond motifs is 1. The van der Waals surface area contributed by atoms with Crippen molar-refractivity contribution in [3.8, 4) is 11.4 Å². The lowest BCUT2D eigenvalue weighted by Gasteiger charge is -2.15. The van der Waals surface area contributed by atoms with Crippen molar-refractivity contribution in [1.29, 1.82) is 0 Å². The number of para-hydroxylation sites is 3. The second kappa shape index (κ2) is 5.00. The number of benzene rings is 2. The zero-order chi connectivity index (χ0) is 14.1. The largest absolute Gasteiger partial charge is 0.388 e. The fourth-order valence-corrected chi connectivity index (χ4v) is 2.65. The van der Waals surface area contributed by atoms with Crippen LogP contribution in [0, 0.1) is 0 Å². The van der Waals surface area contributed by atoms with Gasteiger partial charge >= 0.3 is 0 Å². The summed E-state index contributed by atoms with van der Waals surface area (Å²) >= 11 is 0. The summed E-state index contributed by atoms with van der Waals surface area (Å²) in [5.41, 5.74) is 4.47. The molecule has 20 heavy (non-hydrogen) atoms. The first-order chi connectivity index (χ1) is 9.72. The van der Waals surface area contributed by atoms with Gasteiger partial charge in [-0.3, -0.25) is 0 Å². The molecule has 0 radical (unpaired) electrons. The van der Waals surface area contributed by atoms with Crippen LogP contribution in [0.25, 0.3) is 22.4 Å². The van der Waals surface area contributed by atoms with Gasteiger partial charge in [-0.2, -0.15) is 0 Å². The quantitative estimate of drug-likeness (QED) is 0.764. The lowest BCUT2D eigenvalue weighted by Crippen LogP contribution is -2.04. The van der Waals surface area contributed by atoms with Gasteiger partial charge in [-0.25, -0.2) is 4.98 Å². The molecule has 1 aromatic heterocycles. The van der Waals surface area contributed by atoms with Crippen LogP contribution in [0.1, 0.15) is 19.9 Å². The fourth-order valence-electron chi connectivity index (χ4n) is 2.65. The molecular weight excluding hydrogens is 246 g/mol. The van der Waals surface area contributed by atoms with Crippen LogP contribution in [-0.4, -0.2) is 16.6 Å². The van der Waals surface area contributed by atoms with Gasteiger partial charge < -0.3 is 9.88 Å². The first-order valence-corrected chi connectivity index (χ1v) is 6.96. The molecule has 0 saturated heterocycles. The fraction of sp³-hybridized carbons (Fsp3) is 0.235. The van der Waals surface area contributed by atoms with Gasteiger partial charge in [0.1, 0.15) is 5.82 Å². The van der Waals surface area contributed by atoms with Crippen LogP contribution in [0.4, 0.5) is 5.69 Å². The van der Waals surface area contributed by atoms with E-state index in [2.05, 4.69) is 60.1 Å². The van der Waals surface area contributed by atoms with Gasteiger partial charge in [-0.05, 0) is 38.1 Å². The molecule has 0 aliphatic rings. The van der Waals surface area contributed by atoms with Crippen LogP contribution in [0.15, 0.2) is 48.5 Å². The van der Waals surface area contributed by atoms with Crippen LogP contribution >= 0.6 is 0 Å². The van der Waals surface area contributed by atoms with E-state index in [4.69, 9.17) is 4.98 Å². The minimum absolute atomic E-state index is 0.363. The maximum atomic E-state index is 4.84. The minimum Gasteiger partial charge on any atom is -0.388 e. The summed E-state index contributed by atoms with van der Waals surface area (Å²) < 4.78 is 2.30. The Morgan fingerprint density at radius 2 is 1.70 bits per heavy atom. The normalized spacial score (nSPS) is 11.2. The number of nitrogens with one attached hydrogen (secondary N) is 1.